The standard InChI is InChI=1S/C24H41NO6S/c1-5-6-17-24(2,3)22(27)16-14-19-13-15-21(26)20(19)12-10-8-7-9-11-18-31-23(28)25-32(4,29)30/h13-16,19-20,22,27H,5-12,17-18H2,1-4H3,(H,25,28)/t19-,20-,22-/m1/s1. The summed E-state index contributed by atoms with van der Waals surface area (Å²) in [7, 11) is -3.59. The number of rotatable bonds is 15. The monoisotopic (exact) mass is 471 g/mol. The van der Waals surface area contributed by atoms with Crippen LogP contribution in [0.2, 0.25) is 0 Å². The maximum atomic E-state index is 12.3. The minimum Gasteiger partial charge on any atom is -0.449 e. The highest BCUT2D eigenvalue weighted by Gasteiger charge is 2.29. The Morgan fingerprint density at radius 2 is 1.88 bits per heavy atom. The highest BCUT2D eigenvalue weighted by Crippen LogP contribution is 2.32. The number of hydrogen-bond donors (Lipinski definition) is 2. The number of aliphatic hydroxyl groups is 1. The van der Waals surface area contributed by atoms with Crippen LogP contribution in [0.5, 0.6) is 0 Å². The normalized spacial score (nSPS) is 20.1. The Balaban J connectivity index is 2.29. The summed E-state index contributed by atoms with van der Waals surface area (Å²) in [6.45, 7) is 6.48. The lowest BCUT2D eigenvalue weighted by Crippen LogP contribution is -2.30. The van der Waals surface area contributed by atoms with Gasteiger partial charge in [-0.1, -0.05) is 77.5 Å². The second-order valence-electron chi connectivity index (χ2n) is 9.43. The number of ether oxygens (including phenoxy) is 1. The maximum absolute atomic E-state index is 12.3. The number of carbonyl (C=O) groups excluding carboxylic acids is 2. The van der Waals surface area contributed by atoms with Crippen molar-refractivity contribution in [2.45, 2.75) is 84.7 Å². The molecule has 0 aromatic rings. The Hall–Kier alpha value is -1.67. The first-order valence-corrected chi connectivity index (χ1v) is 13.6. The quantitative estimate of drug-likeness (QED) is 0.268. The van der Waals surface area contributed by atoms with Gasteiger partial charge in [-0.05, 0) is 30.8 Å². The maximum Gasteiger partial charge on any atom is 0.420 e. The molecule has 32 heavy (non-hydrogen) atoms. The average Bonchev–Trinajstić information content (AvgIpc) is 3.04. The number of carbonyl (C=O) groups is 2. The second kappa shape index (κ2) is 13.8. The van der Waals surface area contributed by atoms with E-state index in [0.717, 1.165) is 57.6 Å². The fourth-order valence-corrected chi connectivity index (χ4v) is 4.16. The topological polar surface area (TPSA) is 110 Å². The molecule has 0 saturated heterocycles. The van der Waals surface area contributed by atoms with Gasteiger partial charge in [-0.25, -0.2) is 17.9 Å². The third kappa shape index (κ3) is 11.3. The zero-order valence-corrected chi connectivity index (χ0v) is 20.8. The van der Waals surface area contributed by atoms with Crippen LogP contribution in [-0.4, -0.2) is 44.4 Å². The molecule has 0 aromatic heterocycles. The number of ketones is 1. The molecular formula is C24H41NO6S. The van der Waals surface area contributed by atoms with Gasteiger partial charge in [0.1, 0.15) is 0 Å². The third-order valence-corrected chi connectivity index (χ3v) is 6.50. The molecule has 0 spiro atoms. The molecular weight excluding hydrogens is 430 g/mol. The molecule has 0 unspecified atom stereocenters. The summed E-state index contributed by atoms with van der Waals surface area (Å²) < 4.78 is 28.4. The summed E-state index contributed by atoms with van der Waals surface area (Å²) in [5.74, 6) is 0.144. The van der Waals surface area contributed by atoms with Gasteiger partial charge in [0.05, 0.1) is 19.0 Å². The zero-order valence-electron chi connectivity index (χ0n) is 20.0. The number of nitrogens with one attached hydrogen (secondary N) is 1. The Bertz CT molecular complexity index is 756. The van der Waals surface area contributed by atoms with Crippen LogP contribution in [-0.2, 0) is 19.6 Å². The minimum atomic E-state index is -3.59. The van der Waals surface area contributed by atoms with E-state index in [4.69, 9.17) is 4.74 Å². The van der Waals surface area contributed by atoms with Crippen LogP contribution in [0.15, 0.2) is 24.3 Å². The third-order valence-electron chi connectivity index (χ3n) is 5.97. The van der Waals surface area contributed by atoms with Gasteiger partial charge in [0.15, 0.2) is 5.78 Å². The van der Waals surface area contributed by atoms with Gasteiger partial charge in [-0.15, -0.1) is 0 Å². The van der Waals surface area contributed by atoms with E-state index in [1.54, 1.807) is 10.8 Å². The van der Waals surface area contributed by atoms with E-state index in [0.29, 0.717) is 6.42 Å². The second-order valence-corrected chi connectivity index (χ2v) is 11.2. The van der Waals surface area contributed by atoms with Gasteiger partial charge in [0, 0.05) is 11.8 Å². The molecule has 3 atom stereocenters. The summed E-state index contributed by atoms with van der Waals surface area (Å²) in [5.41, 5.74) is -0.177. The van der Waals surface area contributed by atoms with Crippen molar-refractivity contribution in [1.29, 1.82) is 0 Å². The molecule has 184 valence electrons. The molecule has 2 N–H and O–H groups in total. The van der Waals surface area contributed by atoms with Crippen LogP contribution in [0.3, 0.4) is 0 Å². The molecule has 1 rings (SSSR count). The largest absolute Gasteiger partial charge is 0.449 e. The van der Waals surface area contributed by atoms with Gasteiger partial charge >= 0.3 is 6.09 Å². The van der Waals surface area contributed by atoms with Crippen molar-refractivity contribution in [1.82, 2.24) is 4.72 Å². The number of sulfonamides is 1. The lowest BCUT2D eigenvalue weighted by atomic mass is 9.80. The summed E-state index contributed by atoms with van der Waals surface area (Å²) in [5, 5.41) is 10.6. The predicted octanol–water partition coefficient (Wildman–Crippen LogP) is 4.52. The lowest BCUT2D eigenvalue weighted by Gasteiger charge is -2.29. The average molecular weight is 472 g/mol. The molecule has 1 aliphatic carbocycles. The zero-order chi connectivity index (χ0) is 24.2. The molecule has 1 aliphatic rings. The van der Waals surface area contributed by atoms with Crippen LogP contribution in [0.25, 0.3) is 0 Å². The van der Waals surface area contributed by atoms with Gasteiger partial charge in [-0.2, -0.15) is 0 Å². The van der Waals surface area contributed by atoms with E-state index in [9.17, 15) is 23.1 Å². The Labute approximate surface area is 193 Å². The van der Waals surface area contributed by atoms with Gasteiger partial charge in [0.25, 0.3) is 0 Å². The molecule has 0 aliphatic heterocycles. The van der Waals surface area contributed by atoms with Crippen molar-refractivity contribution >= 4 is 21.9 Å². The number of amides is 1. The Kier molecular flexibility index (Phi) is 12.2. The number of aliphatic hydroxyl groups excluding tert-OH is 1. The van der Waals surface area contributed by atoms with Crippen LogP contribution in [0.1, 0.15) is 78.6 Å². The fourth-order valence-electron chi connectivity index (χ4n) is 3.80. The van der Waals surface area contributed by atoms with Gasteiger partial charge in [0.2, 0.25) is 10.0 Å². The van der Waals surface area contributed by atoms with E-state index in [-0.39, 0.29) is 29.6 Å². The first kappa shape index (κ1) is 28.4. The van der Waals surface area contributed by atoms with Crippen molar-refractivity contribution < 1.29 is 27.9 Å². The van der Waals surface area contributed by atoms with Crippen molar-refractivity contribution in [3.63, 3.8) is 0 Å². The molecule has 7 nitrogen and oxygen atoms in total. The van der Waals surface area contributed by atoms with Gasteiger partial charge in [-0.3, -0.25) is 4.79 Å². The number of allylic oxidation sites excluding steroid dienone is 3. The minimum absolute atomic E-state index is 0.0425. The van der Waals surface area contributed by atoms with Crippen LogP contribution >= 0.6 is 0 Å². The number of hydrogen-bond acceptors (Lipinski definition) is 6. The SMILES string of the molecule is CCCCC(C)(C)[C@H](O)C=C[C@H]1C=CC(=O)[C@@H]1CCCCCCCOC(=O)NS(C)(=O)=O. The van der Waals surface area contributed by atoms with Crippen LogP contribution < -0.4 is 4.72 Å². The summed E-state index contributed by atoms with van der Waals surface area (Å²) in [6.07, 6.45) is 15.2. The van der Waals surface area contributed by atoms with Crippen LogP contribution in [0.4, 0.5) is 4.79 Å². The first-order valence-electron chi connectivity index (χ1n) is 11.7. The summed E-state index contributed by atoms with van der Waals surface area (Å²) in [4.78, 5) is 23.5. The van der Waals surface area contributed by atoms with E-state index < -0.39 is 22.2 Å². The predicted molar refractivity (Wildman–Crippen MR) is 127 cm³/mol. The smallest absolute Gasteiger partial charge is 0.420 e. The van der Waals surface area contributed by atoms with Crippen molar-refractivity contribution in [2.75, 3.05) is 12.9 Å². The molecule has 1 amide bonds. The molecule has 0 saturated carbocycles. The van der Waals surface area contributed by atoms with Crippen LogP contribution in [0, 0.1) is 17.3 Å². The molecule has 0 fully saturated rings. The van der Waals surface area contributed by atoms with Gasteiger partial charge < -0.3 is 9.84 Å². The van der Waals surface area contributed by atoms with Crippen molar-refractivity contribution in [3.05, 3.63) is 24.3 Å². The Morgan fingerprint density at radius 3 is 2.53 bits per heavy atom. The summed E-state index contributed by atoms with van der Waals surface area (Å²) >= 11 is 0. The van der Waals surface area contributed by atoms with Crippen molar-refractivity contribution in [2.24, 2.45) is 17.3 Å². The molecule has 8 heteroatoms. The lowest BCUT2D eigenvalue weighted by molar-refractivity contribution is -0.118. The first-order chi connectivity index (χ1) is 15.0. The highest BCUT2D eigenvalue weighted by molar-refractivity contribution is 7.89. The Morgan fingerprint density at radius 1 is 1.22 bits per heavy atom. The van der Waals surface area contributed by atoms with E-state index >= 15 is 0 Å². The van der Waals surface area contributed by atoms with E-state index in [1.807, 2.05) is 18.2 Å². The van der Waals surface area contributed by atoms with Crippen molar-refractivity contribution in [3.8, 4) is 0 Å². The summed E-state index contributed by atoms with van der Waals surface area (Å²) in [6, 6.07) is 0. The highest BCUT2D eigenvalue weighted by atomic mass is 32.2. The number of unbranched alkanes of at least 4 members (excludes halogenated alkanes) is 5. The molecule has 0 radical (unpaired) electrons. The fraction of sp³-hybridized carbons (Fsp3) is 0.750. The molecule has 0 heterocycles. The van der Waals surface area contributed by atoms with E-state index in [1.165, 1.54) is 0 Å². The molecule has 0 bridgehead atoms. The molecule has 0 aromatic carbocycles. The van der Waals surface area contributed by atoms with E-state index in [2.05, 4.69) is 20.8 Å².